The fourth-order valence-corrected chi connectivity index (χ4v) is 1.50. The van der Waals surface area contributed by atoms with Gasteiger partial charge in [0.05, 0.1) is 5.51 Å². The Labute approximate surface area is 79.1 Å². The minimum Gasteiger partial charge on any atom is -0.287 e. The summed E-state index contributed by atoms with van der Waals surface area (Å²) in [6.45, 7) is 0. The van der Waals surface area contributed by atoms with Crippen LogP contribution >= 0.6 is 11.3 Å². The molecule has 0 aromatic carbocycles. The molecule has 13 heavy (non-hydrogen) atoms. The first-order chi connectivity index (χ1) is 6.38. The highest BCUT2D eigenvalue weighted by molar-refractivity contribution is 7.07. The molecule has 2 aromatic heterocycles. The Morgan fingerprint density at radius 3 is 3.00 bits per heavy atom. The summed E-state index contributed by atoms with van der Waals surface area (Å²) < 4.78 is 0. The van der Waals surface area contributed by atoms with E-state index in [0.29, 0.717) is 11.3 Å². The van der Waals surface area contributed by atoms with E-state index >= 15 is 0 Å². The molecule has 0 fully saturated rings. The molecule has 0 radical (unpaired) electrons. The van der Waals surface area contributed by atoms with Gasteiger partial charge in [0.2, 0.25) is 5.78 Å². The van der Waals surface area contributed by atoms with Crippen molar-refractivity contribution in [1.29, 1.82) is 0 Å². The number of thiazole rings is 1. The van der Waals surface area contributed by atoms with Gasteiger partial charge in [0.1, 0.15) is 5.69 Å². The molecule has 3 nitrogen and oxygen atoms in total. The second kappa shape index (κ2) is 3.45. The van der Waals surface area contributed by atoms with Crippen molar-refractivity contribution in [2.75, 3.05) is 0 Å². The van der Waals surface area contributed by atoms with Crippen LogP contribution in [0.1, 0.15) is 16.1 Å². The second-order valence-corrected chi connectivity index (χ2v) is 3.16. The number of ketones is 1. The molecule has 0 saturated carbocycles. The van der Waals surface area contributed by atoms with Crippen LogP contribution in [0, 0.1) is 0 Å². The van der Waals surface area contributed by atoms with Gasteiger partial charge in [0.15, 0.2) is 0 Å². The zero-order valence-corrected chi connectivity index (χ0v) is 7.49. The number of carbonyl (C=O) groups excluding carboxylic acids is 1. The zero-order valence-electron chi connectivity index (χ0n) is 6.68. The van der Waals surface area contributed by atoms with Gasteiger partial charge in [-0.3, -0.25) is 9.78 Å². The molecule has 2 heterocycles. The van der Waals surface area contributed by atoms with E-state index in [1.807, 2.05) is 0 Å². The largest absolute Gasteiger partial charge is 0.287 e. The van der Waals surface area contributed by atoms with E-state index in [9.17, 15) is 4.79 Å². The lowest BCUT2D eigenvalue weighted by atomic mass is 10.1. The molecule has 0 unspecified atom stereocenters. The minimum atomic E-state index is -0.0747. The van der Waals surface area contributed by atoms with Crippen molar-refractivity contribution < 1.29 is 4.79 Å². The van der Waals surface area contributed by atoms with E-state index in [-0.39, 0.29) is 5.78 Å². The lowest BCUT2D eigenvalue weighted by molar-refractivity contribution is 0.103. The fraction of sp³-hybridized carbons (Fsp3) is 0. The highest BCUT2D eigenvalue weighted by Crippen LogP contribution is 2.08. The average molecular weight is 190 g/mol. The molecule has 0 aliphatic rings. The third kappa shape index (κ3) is 1.62. The van der Waals surface area contributed by atoms with Crippen molar-refractivity contribution in [3.8, 4) is 0 Å². The van der Waals surface area contributed by atoms with Gasteiger partial charge in [-0.25, -0.2) is 4.98 Å². The summed E-state index contributed by atoms with van der Waals surface area (Å²) in [6, 6.07) is 3.47. The van der Waals surface area contributed by atoms with Gasteiger partial charge in [-0.2, -0.15) is 0 Å². The molecule has 0 amide bonds. The van der Waals surface area contributed by atoms with Gasteiger partial charge < -0.3 is 0 Å². The van der Waals surface area contributed by atoms with Gasteiger partial charge in [-0.1, -0.05) is 0 Å². The topological polar surface area (TPSA) is 42.9 Å². The number of nitrogens with zero attached hydrogens (tertiary/aromatic N) is 2. The van der Waals surface area contributed by atoms with Crippen LogP contribution in [0.4, 0.5) is 0 Å². The Kier molecular flexibility index (Phi) is 2.14. The van der Waals surface area contributed by atoms with Crippen molar-refractivity contribution >= 4 is 17.1 Å². The lowest BCUT2D eigenvalue weighted by Gasteiger charge is -1.94. The van der Waals surface area contributed by atoms with Gasteiger partial charge in [0.25, 0.3) is 0 Å². The smallest absolute Gasteiger partial charge is 0.213 e. The van der Waals surface area contributed by atoms with Crippen molar-refractivity contribution in [1.82, 2.24) is 9.97 Å². The van der Waals surface area contributed by atoms with Crippen LogP contribution in [0.5, 0.6) is 0 Å². The van der Waals surface area contributed by atoms with Gasteiger partial charge in [-0.15, -0.1) is 11.3 Å². The Hall–Kier alpha value is -1.55. The van der Waals surface area contributed by atoms with Crippen LogP contribution in [-0.4, -0.2) is 15.8 Å². The number of rotatable bonds is 2. The normalized spacial score (nSPS) is 9.85. The Morgan fingerprint density at radius 1 is 1.46 bits per heavy atom. The molecule has 0 bridgehead atoms. The SMILES string of the molecule is O=C(c1cccnc1)c1cscn1. The first-order valence-corrected chi connectivity index (χ1v) is 4.65. The summed E-state index contributed by atoms with van der Waals surface area (Å²) in [5.74, 6) is -0.0747. The summed E-state index contributed by atoms with van der Waals surface area (Å²) in [4.78, 5) is 19.4. The second-order valence-electron chi connectivity index (χ2n) is 2.44. The maximum Gasteiger partial charge on any atom is 0.213 e. The number of carbonyl (C=O) groups is 1. The summed E-state index contributed by atoms with van der Waals surface area (Å²) >= 11 is 1.41. The maximum atomic E-state index is 11.6. The van der Waals surface area contributed by atoms with Crippen molar-refractivity contribution in [2.24, 2.45) is 0 Å². The third-order valence-electron chi connectivity index (χ3n) is 1.59. The first-order valence-electron chi connectivity index (χ1n) is 3.71. The van der Waals surface area contributed by atoms with Gasteiger partial charge >= 0.3 is 0 Å². The average Bonchev–Trinajstić information content (AvgIpc) is 2.71. The number of hydrogen-bond acceptors (Lipinski definition) is 4. The van der Waals surface area contributed by atoms with E-state index in [4.69, 9.17) is 0 Å². The molecule has 64 valence electrons. The highest BCUT2D eigenvalue weighted by atomic mass is 32.1. The minimum absolute atomic E-state index is 0.0747. The van der Waals surface area contributed by atoms with Crippen LogP contribution < -0.4 is 0 Å². The summed E-state index contributed by atoms with van der Waals surface area (Å²) in [7, 11) is 0. The summed E-state index contributed by atoms with van der Waals surface area (Å²) in [5, 5.41) is 1.73. The quantitative estimate of drug-likeness (QED) is 0.678. The van der Waals surface area contributed by atoms with Crippen LogP contribution in [0.2, 0.25) is 0 Å². The Balaban J connectivity index is 2.34. The maximum absolute atomic E-state index is 11.6. The zero-order chi connectivity index (χ0) is 9.10. The molecule has 2 aromatic rings. The molecule has 0 saturated heterocycles. The number of pyridine rings is 1. The molecule has 0 spiro atoms. The predicted octanol–water partition coefficient (Wildman–Crippen LogP) is 1.77. The van der Waals surface area contributed by atoms with E-state index in [1.165, 1.54) is 11.3 Å². The van der Waals surface area contributed by atoms with Crippen LogP contribution in [0.15, 0.2) is 35.4 Å². The molecule has 0 aliphatic heterocycles. The van der Waals surface area contributed by atoms with Crippen molar-refractivity contribution in [3.63, 3.8) is 0 Å². The molecular formula is C9H6N2OS. The van der Waals surface area contributed by atoms with Crippen LogP contribution in [0.25, 0.3) is 0 Å². The molecular weight excluding hydrogens is 184 g/mol. The fourth-order valence-electron chi connectivity index (χ4n) is 0.970. The number of hydrogen-bond donors (Lipinski definition) is 0. The third-order valence-corrected chi connectivity index (χ3v) is 2.18. The lowest BCUT2D eigenvalue weighted by Crippen LogP contribution is -2.01. The van der Waals surface area contributed by atoms with Gasteiger partial charge in [-0.05, 0) is 12.1 Å². The van der Waals surface area contributed by atoms with E-state index in [0.717, 1.165) is 0 Å². The van der Waals surface area contributed by atoms with Crippen LogP contribution in [0.3, 0.4) is 0 Å². The molecule has 0 N–H and O–H groups in total. The Morgan fingerprint density at radius 2 is 2.38 bits per heavy atom. The standard InChI is InChI=1S/C9H6N2OS/c12-9(8-5-13-6-11-8)7-2-1-3-10-4-7/h1-6H. The summed E-state index contributed by atoms with van der Waals surface area (Å²) in [5.41, 5.74) is 2.70. The van der Waals surface area contributed by atoms with Gasteiger partial charge in [0, 0.05) is 23.3 Å². The molecule has 2 rings (SSSR count). The molecule has 4 heteroatoms. The molecule has 0 aliphatic carbocycles. The molecule has 0 atom stereocenters. The monoisotopic (exact) mass is 190 g/mol. The van der Waals surface area contributed by atoms with E-state index < -0.39 is 0 Å². The van der Waals surface area contributed by atoms with E-state index in [2.05, 4.69) is 9.97 Å². The number of aromatic nitrogens is 2. The Bertz CT molecular complexity index is 397. The van der Waals surface area contributed by atoms with Crippen molar-refractivity contribution in [2.45, 2.75) is 0 Å². The van der Waals surface area contributed by atoms with Crippen molar-refractivity contribution in [3.05, 3.63) is 46.7 Å². The van der Waals surface area contributed by atoms with E-state index in [1.54, 1.807) is 35.4 Å². The highest BCUT2D eigenvalue weighted by Gasteiger charge is 2.09. The predicted molar refractivity (Wildman–Crippen MR) is 49.8 cm³/mol. The van der Waals surface area contributed by atoms with Crippen LogP contribution in [-0.2, 0) is 0 Å². The first kappa shape index (κ1) is 8.07. The summed E-state index contributed by atoms with van der Waals surface area (Å²) in [6.07, 6.45) is 3.18.